The molecule has 7 heteroatoms. The number of nitrogens with one attached hydrogen (secondary N) is 1. The third-order valence-electron chi connectivity index (χ3n) is 3.64. The van der Waals surface area contributed by atoms with E-state index < -0.39 is 0 Å². The molecular weight excluding hydrogens is 302 g/mol. The van der Waals surface area contributed by atoms with Gasteiger partial charge in [0.15, 0.2) is 5.82 Å². The number of hydrogen-bond donors (Lipinski definition) is 1. The van der Waals surface area contributed by atoms with Gasteiger partial charge in [0.25, 0.3) is 0 Å². The van der Waals surface area contributed by atoms with Gasteiger partial charge in [-0.05, 0) is 18.2 Å². The summed E-state index contributed by atoms with van der Waals surface area (Å²) in [5.41, 5.74) is 2.47. The van der Waals surface area contributed by atoms with E-state index in [1.54, 1.807) is 12.4 Å². The standard InChI is InChI=1S/C15H14ClN5O/c16-10-1-2-11-12(7-10)20-15(19-11)13-8-17-9-14(18-13)21-3-5-22-6-4-21/h1-2,7-9H,3-6H2,(H,19,20). The maximum Gasteiger partial charge on any atom is 0.158 e. The molecule has 0 atom stereocenters. The zero-order chi connectivity index (χ0) is 14.9. The van der Waals surface area contributed by atoms with Crippen LogP contribution in [0.2, 0.25) is 5.02 Å². The van der Waals surface area contributed by atoms with Crippen LogP contribution in [0.25, 0.3) is 22.6 Å². The molecule has 22 heavy (non-hydrogen) atoms. The van der Waals surface area contributed by atoms with E-state index >= 15 is 0 Å². The summed E-state index contributed by atoms with van der Waals surface area (Å²) in [4.78, 5) is 18.9. The van der Waals surface area contributed by atoms with Crippen LogP contribution in [-0.2, 0) is 4.74 Å². The van der Waals surface area contributed by atoms with E-state index in [-0.39, 0.29) is 0 Å². The summed E-state index contributed by atoms with van der Waals surface area (Å²) in [6.45, 7) is 3.09. The lowest BCUT2D eigenvalue weighted by Crippen LogP contribution is -2.36. The summed E-state index contributed by atoms with van der Waals surface area (Å²) in [7, 11) is 0. The van der Waals surface area contributed by atoms with E-state index in [1.165, 1.54) is 0 Å². The van der Waals surface area contributed by atoms with Gasteiger partial charge in [-0.3, -0.25) is 4.98 Å². The van der Waals surface area contributed by atoms with Gasteiger partial charge in [-0.15, -0.1) is 0 Å². The van der Waals surface area contributed by atoms with Gasteiger partial charge in [0.05, 0.1) is 36.6 Å². The fourth-order valence-corrected chi connectivity index (χ4v) is 2.69. The van der Waals surface area contributed by atoms with Crippen molar-refractivity contribution in [2.24, 2.45) is 0 Å². The molecule has 1 fully saturated rings. The number of nitrogens with zero attached hydrogens (tertiary/aromatic N) is 4. The number of anilines is 1. The molecule has 1 aromatic carbocycles. The summed E-state index contributed by atoms with van der Waals surface area (Å²) in [6.07, 6.45) is 3.48. The van der Waals surface area contributed by atoms with Crippen LogP contribution in [0.15, 0.2) is 30.6 Å². The highest BCUT2D eigenvalue weighted by molar-refractivity contribution is 6.31. The summed E-state index contributed by atoms with van der Waals surface area (Å²) in [5.74, 6) is 1.54. The SMILES string of the molecule is Clc1ccc2nc(-c3cncc(N4CCOCC4)n3)[nH]c2c1. The zero-order valence-corrected chi connectivity index (χ0v) is 12.5. The van der Waals surface area contributed by atoms with Gasteiger partial charge in [0.1, 0.15) is 11.5 Å². The Morgan fingerprint density at radius 1 is 1.14 bits per heavy atom. The van der Waals surface area contributed by atoms with Crippen molar-refractivity contribution in [3.63, 3.8) is 0 Å². The molecule has 0 spiro atoms. The van der Waals surface area contributed by atoms with Crippen LogP contribution in [0.5, 0.6) is 0 Å². The average Bonchev–Trinajstić information content (AvgIpc) is 2.99. The number of morpholine rings is 1. The second-order valence-corrected chi connectivity index (χ2v) is 5.55. The fraction of sp³-hybridized carbons (Fsp3) is 0.267. The predicted molar refractivity (Wildman–Crippen MR) is 85.2 cm³/mol. The molecule has 4 rings (SSSR count). The zero-order valence-electron chi connectivity index (χ0n) is 11.8. The summed E-state index contributed by atoms with van der Waals surface area (Å²) >= 11 is 6.01. The molecule has 0 unspecified atom stereocenters. The maximum absolute atomic E-state index is 6.01. The molecule has 1 N–H and O–H groups in total. The third-order valence-corrected chi connectivity index (χ3v) is 3.88. The lowest BCUT2D eigenvalue weighted by atomic mass is 10.3. The lowest BCUT2D eigenvalue weighted by molar-refractivity contribution is 0.122. The molecule has 0 radical (unpaired) electrons. The number of imidazole rings is 1. The topological polar surface area (TPSA) is 66.9 Å². The van der Waals surface area contributed by atoms with Crippen molar-refractivity contribution in [1.29, 1.82) is 0 Å². The molecule has 3 aromatic rings. The third kappa shape index (κ3) is 2.51. The van der Waals surface area contributed by atoms with Crippen LogP contribution >= 0.6 is 11.6 Å². The second kappa shape index (κ2) is 5.55. The molecule has 1 saturated heterocycles. The Kier molecular flexibility index (Phi) is 3.40. The van der Waals surface area contributed by atoms with Crippen molar-refractivity contribution in [3.8, 4) is 11.5 Å². The molecule has 0 amide bonds. The largest absolute Gasteiger partial charge is 0.378 e. The summed E-state index contributed by atoms with van der Waals surface area (Å²) in [5, 5.41) is 0.677. The Morgan fingerprint density at radius 3 is 2.86 bits per heavy atom. The first-order valence-corrected chi connectivity index (χ1v) is 7.48. The first kappa shape index (κ1) is 13.5. The van der Waals surface area contributed by atoms with Crippen LogP contribution in [0.1, 0.15) is 0 Å². The number of benzene rings is 1. The maximum atomic E-state index is 6.01. The normalized spacial score (nSPS) is 15.4. The highest BCUT2D eigenvalue weighted by atomic mass is 35.5. The van der Waals surface area contributed by atoms with Gasteiger partial charge in [-0.25, -0.2) is 9.97 Å². The van der Waals surface area contributed by atoms with Gasteiger partial charge >= 0.3 is 0 Å². The minimum Gasteiger partial charge on any atom is -0.378 e. The van der Waals surface area contributed by atoms with Crippen LogP contribution in [0, 0.1) is 0 Å². The molecule has 0 saturated carbocycles. The van der Waals surface area contributed by atoms with Gasteiger partial charge in [0, 0.05) is 18.1 Å². The molecule has 1 aliphatic rings. The predicted octanol–water partition coefficient (Wildman–Crippen LogP) is 2.51. The Bertz CT molecular complexity index is 813. The average molecular weight is 316 g/mol. The van der Waals surface area contributed by atoms with Crippen LogP contribution in [0.4, 0.5) is 5.82 Å². The molecule has 3 heterocycles. The van der Waals surface area contributed by atoms with Gasteiger partial charge in [-0.1, -0.05) is 11.6 Å². The van der Waals surface area contributed by atoms with Crippen LogP contribution < -0.4 is 4.90 Å². The minimum absolute atomic E-state index is 0.677. The number of aromatic amines is 1. The van der Waals surface area contributed by atoms with E-state index in [9.17, 15) is 0 Å². The number of rotatable bonds is 2. The smallest absolute Gasteiger partial charge is 0.158 e. The van der Waals surface area contributed by atoms with Crippen molar-refractivity contribution in [2.75, 3.05) is 31.2 Å². The van der Waals surface area contributed by atoms with Crippen molar-refractivity contribution in [2.45, 2.75) is 0 Å². The summed E-state index contributed by atoms with van der Waals surface area (Å²) in [6, 6.07) is 5.56. The highest BCUT2D eigenvalue weighted by Gasteiger charge is 2.15. The Morgan fingerprint density at radius 2 is 2.00 bits per heavy atom. The number of halogens is 1. The number of H-pyrrole nitrogens is 1. The molecule has 2 aromatic heterocycles. The van der Waals surface area contributed by atoms with Crippen molar-refractivity contribution < 1.29 is 4.74 Å². The fourth-order valence-electron chi connectivity index (χ4n) is 2.52. The number of aromatic nitrogens is 4. The molecular formula is C15H14ClN5O. The first-order chi connectivity index (χ1) is 10.8. The van der Waals surface area contributed by atoms with E-state index in [4.69, 9.17) is 16.3 Å². The first-order valence-electron chi connectivity index (χ1n) is 7.10. The van der Waals surface area contributed by atoms with Crippen molar-refractivity contribution in [1.82, 2.24) is 19.9 Å². The lowest BCUT2D eigenvalue weighted by Gasteiger charge is -2.27. The van der Waals surface area contributed by atoms with Gasteiger partial charge in [0.2, 0.25) is 0 Å². The molecule has 112 valence electrons. The van der Waals surface area contributed by atoms with E-state index in [0.29, 0.717) is 10.8 Å². The monoisotopic (exact) mass is 315 g/mol. The Balaban J connectivity index is 1.71. The minimum atomic E-state index is 0.677. The number of fused-ring (bicyclic) bond motifs is 1. The number of ether oxygens (including phenoxy) is 1. The highest BCUT2D eigenvalue weighted by Crippen LogP contribution is 2.23. The van der Waals surface area contributed by atoms with Crippen LogP contribution in [0.3, 0.4) is 0 Å². The molecule has 0 bridgehead atoms. The summed E-state index contributed by atoms with van der Waals surface area (Å²) < 4.78 is 5.37. The second-order valence-electron chi connectivity index (χ2n) is 5.11. The quantitative estimate of drug-likeness (QED) is 0.787. The van der Waals surface area contributed by atoms with Gasteiger partial charge in [-0.2, -0.15) is 0 Å². The van der Waals surface area contributed by atoms with Crippen molar-refractivity contribution in [3.05, 3.63) is 35.6 Å². The van der Waals surface area contributed by atoms with Gasteiger partial charge < -0.3 is 14.6 Å². The Hall–Kier alpha value is -2.18. The molecule has 6 nitrogen and oxygen atoms in total. The van der Waals surface area contributed by atoms with Crippen molar-refractivity contribution >= 4 is 28.5 Å². The van der Waals surface area contributed by atoms with E-state index in [2.05, 4.69) is 24.8 Å². The number of hydrogen-bond acceptors (Lipinski definition) is 5. The van der Waals surface area contributed by atoms with E-state index in [0.717, 1.165) is 48.8 Å². The molecule has 1 aliphatic heterocycles. The Labute approximate surface area is 132 Å². The molecule has 0 aliphatic carbocycles. The van der Waals surface area contributed by atoms with E-state index in [1.807, 2.05) is 18.2 Å². The van der Waals surface area contributed by atoms with Crippen LogP contribution in [-0.4, -0.2) is 46.2 Å².